The smallest absolute Gasteiger partial charge is 0.140 e. The normalized spacial score (nSPS) is 23.9. The first-order valence-corrected chi connectivity index (χ1v) is 6.38. The maximum atomic E-state index is 11.9. The molecular weight excluding hydrogens is 212 g/mol. The lowest BCUT2D eigenvalue weighted by atomic mass is 9.79. The lowest BCUT2D eigenvalue weighted by Crippen LogP contribution is -2.24. The molecule has 0 fully saturated rings. The second kappa shape index (κ2) is 5.63. The highest BCUT2D eigenvalue weighted by atomic mass is 16.3. The third-order valence-electron chi connectivity index (χ3n) is 3.31. The van der Waals surface area contributed by atoms with E-state index in [-0.39, 0.29) is 5.92 Å². The van der Waals surface area contributed by atoms with E-state index in [1.165, 1.54) is 5.57 Å². The number of hydrogen-bond donors (Lipinski definition) is 1. The lowest BCUT2D eigenvalue weighted by molar-refractivity contribution is -0.123. The third-order valence-corrected chi connectivity index (χ3v) is 3.31. The SMILES string of the molecule is CC1=CC[C@@H]([C@H](C)C/C=C/C(C)(C)O)C(=O)C1. The molecular formula is C15H24O2. The van der Waals surface area contributed by atoms with Gasteiger partial charge in [0, 0.05) is 12.3 Å². The van der Waals surface area contributed by atoms with Crippen molar-refractivity contribution in [3.05, 3.63) is 23.8 Å². The fourth-order valence-electron chi connectivity index (χ4n) is 2.22. The Labute approximate surface area is 104 Å². The third kappa shape index (κ3) is 4.86. The van der Waals surface area contributed by atoms with Gasteiger partial charge < -0.3 is 5.11 Å². The standard InChI is InChI=1S/C15H24O2/c1-11-7-8-13(14(16)10-11)12(2)6-5-9-15(3,4)17/h5,7,9,12-13,17H,6,8,10H2,1-4H3/b9-5+/t12-,13+/m1/s1. The molecule has 0 radical (unpaired) electrons. The average Bonchev–Trinajstić information content (AvgIpc) is 2.15. The minimum atomic E-state index is -0.757. The van der Waals surface area contributed by atoms with Gasteiger partial charge in [0.2, 0.25) is 0 Å². The predicted molar refractivity (Wildman–Crippen MR) is 70.7 cm³/mol. The molecule has 0 amide bonds. The first-order valence-electron chi connectivity index (χ1n) is 6.38. The molecule has 2 atom stereocenters. The Morgan fingerprint density at radius 3 is 2.76 bits per heavy atom. The van der Waals surface area contributed by atoms with Gasteiger partial charge in [-0.1, -0.05) is 30.7 Å². The fourth-order valence-corrected chi connectivity index (χ4v) is 2.22. The van der Waals surface area contributed by atoms with Gasteiger partial charge in [0.05, 0.1) is 5.60 Å². The van der Waals surface area contributed by atoms with Crippen LogP contribution >= 0.6 is 0 Å². The van der Waals surface area contributed by atoms with Crippen molar-refractivity contribution in [2.24, 2.45) is 11.8 Å². The predicted octanol–water partition coefficient (Wildman–Crippen LogP) is 3.27. The number of carbonyl (C=O) groups excluding carboxylic acids is 1. The van der Waals surface area contributed by atoms with Crippen LogP contribution in [0.4, 0.5) is 0 Å². The van der Waals surface area contributed by atoms with Crippen molar-refractivity contribution >= 4 is 5.78 Å². The van der Waals surface area contributed by atoms with E-state index < -0.39 is 5.60 Å². The summed E-state index contributed by atoms with van der Waals surface area (Å²) in [5.41, 5.74) is 0.442. The molecule has 2 heteroatoms. The van der Waals surface area contributed by atoms with Crippen molar-refractivity contribution in [2.45, 2.75) is 52.6 Å². The summed E-state index contributed by atoms with van der Waals surface area (Å²) in [6.45, 7) is 7.65. The molecule has 0 aliphatic heterocycles. The highest BCUT2D eigenvalue weighted by Crippen LogP contribution is 2.28. The lowest BCUT2D eigenvalue weighted by Gasteiger charge is -2.24. The van der Waals surface area contributed by atoms with Gasteiger partial charge in [-0.25, -0.2) is 0 Å². The molecule has 1 rings (SSSR count). The molecule has 0 spiro atoms. The van der Waals surface area contributed by atoms with Crippen molar-refractivity contribution in [1.29, 1.82) is 0 Å². The van der Waals surface area contributed by atoms with Crippen LogP contribution in [0.2, 0.25) is 0 Å². The number of allylic oxidation sites excluding steroid dienone is 3. The molecule has 0 unspecified atom stereocenters. The van der Waals surface area contributed by atoms with E-state index >= 15 is 0 Å². The summed E-state index contributed by atoms with van der Waals surface area (Å²) in [4.78, 5) is 11.9. The Balaban J connectivity index is 2.51. The van der Waals surface area contributed by atoms with Crippen molar-refractivity contribution in [3.63, 3.8) is 0 Å². The molecule has 17 heavy (non-hydrogen) atoms. The molecule has 96 valence electrons. The highest BCUT2D eigenvalue weighted by Gasteiger charge is 2.26. The van der Waals surface area contributed by atoms with Crippen molar-refractivity contribution in [2.75, 3.05) is 0 Å². The largest absolute Gasteiger partial charge is 0.386 e. The molecule has 0 saturated heterocycles. The van der Waals surface area contributed by atoms with Gasteiger partial charge in [0.25, 0.3) is 0 Å². The molecule has 2 nitrogen and oxygen atoms in total. The molecule has 0 aromatic carbocycles. The van der Waals surface area contributed by atoms with Crippen LogP contribution in [0.3, 0.4) is 0 Å². The summed E-state index contributed by atoms with van der Waals surface area (Å²) in [6, 6.07) is 0. The second-order valence-electron chi connectivity index (χ2n) is 5.80. The molecule has 1 N–H and O–H groups in total. The molecule has 0 bridgehead atoms. The first kappa shape index (κ1) is 14.2. The van der Waals surface area contributed by atoms with Crippen LogP contribution in [0.5, 0.6) is 0 Å². The van der Waals surface area contributed by atoms with Crippen LogP contribution in [0.15, 0.2) is 23.8 Å². The number of aliphatic hydroxyl groups is 1. The van der Waals surface area contributed by atoms with Crippen LogP contribution in [0.1, 0.15) is 47.0 Å². The van der Waals surface area contributed by atoms with Crippen molar-refractivity contribution in [1.82, 2.24) is 0 Å². The van der Waals surface area contributed by atoms with Gasteiger partial charge in [-0.2, -0.15) is 0 Å². The zero-order valence-electron chi connectivity index (χ0n) is 11.4. The van der Waals surface area contributed by atoms with E-state index in [1.807, 2.05) is 13.0 Å². The first-order chi connectivity index (χ1) is 7.79. The molecule has 0 heterocycles. The second-order valence-corrected chi connectivity index (χ2v) is 5.80. The zero-order valence-corrected chi connectivity index (χ0v) is 11.4. The Kier molecular flexibility index (Phi) is 4.70. The topological polar surface area (TPSA) is 37.3 Å². The Morgan fingerprint density at radius 2 is 2.24 bits per heavy atom. The molecule has 0 aromatic heterocycles. The Hall–Kier alpha value is -0.890. The van der Waals surface area contributed by atoms with Gasteiger partial charge in [-0.15, -0.1) is 0 Å². The molecule has 1 aliphatic carbocycles. The summed E-state index contributed by atoms with van der Waals surface area (Å²) in [5.74, 6) is 0.879. The van der Waals surface area contributed by atoms with Crippen LogP contribution < -0.4 is 0 Å². The van der Waals surface area contributed by atoms with E-state index in [0.29, 0.717) is 18.1 Å². The summed E-state index contributed by atoms with van der Waals surface area (Å²) in [5, 5.41) is 9.56. The summed E-state index contributed by atoms with van der Waals surface area (Å²) in [6.07, 6.45) is 8.32. The van der Waals surface area contributed by atoms with Crippen molar-refractivity contribution in [3.8, 4) is 0 Å². The minimum Gasteiger partial charge on any atom is -0.386 e. The van der Waals surface area contributed by atoms with E-state index in [2.05, 4.69) is 13.0 Å². The summed E-state index contributed by atoms with van der Waals surface area (Å²) in [7, 11) is 0. The van der Waals surface area contributed by atoms with Crippen LogP contribution in [0, 0.1) is 11.8 Å². The monoisotopic (exact) mass is 236 g/mol. The minimum absolute atomic E-state index is 0.158. The Morgan fingerprint density at radius 1 is 1.59 bits per heavy atom. The summed E-state index contributed by atoms with van der Waals surface area (Å²) >= 11 is 0. The summed E-state index contributed by atoms with van der Waals surface area (Å²) < 4.78 is 0. The maximum Gasteiger partial charge on any atom is 0.140 e. The van der Waals surface area contributed by atoms with Crippen LogP contribution in [-0.2, 0) is 4.79 Å². The molecule has 1 aliphatic rings. The van der Waals surface area contributed by atoms with Crippen LogP contribution in [0.25, 0.3) is 0 Å². The van der Waals surface area contributed by atoms with E-state index in [0.717, 1.165) is 12.8 Å². The van der Waals surface area contributed by atoms with Gasteiger partial charge in [0.15, 0.2) is 0 Å². The highest BCUT2D eigenvalue weighted by molar-refractivity contribution is 5.84. The van der Waals surface area contributed by atoms with Gasteiger partial charge in [-0.3, -0.25) is 4.79 Å². The van der Waals surface area contributed by atoms with Crippen LogP contribution in [-0.4, -0.2) is 16.5 Å². The number of hydrogen-bond acceptors (Lipinski definition) is 2. The average molecular weight is 236 g/mol. The number of carbonyl (C=O) groups is 1. The Bertz CT molecular complexity index is 331. The quantitative estimate of drug-likeness (QED) is 0.761. The number of ketones is 1. The maximum absolute atomic E-state index is 11.9. The number of rotatable bonds is 4. The van der Waals surface area contributed by atoms with E-state index in [4.69, 9.17) is 0 Å². The van der Waals surface area contributed by atoms with E-state index in [9.17, 15) is 9.90 Å². The van der Waals surface area contributed by atoms with E-state index in [1.54, 1.807) is 19.9 Å². The van der Waals surface area contributed by atoms with Gasteiger partial charge in [0.1, 0.15) is 5.78 Å². The fraction of sp³-hybridized carbons (Fsp3) is 0.667. The molecule has 0 aromatic rings. The van der Waals surface area contributed by atoms with Gasteiger partial charge >= 0.3 is 0 Å². The van der Waals surface area contributed by atoms with Crippen molar-refractivity contribution < 1.29 is 9.90 Å². The molecule has 0 saturated carbocycles. The van der Waals surface area contributed by atoms with Gasteiger partial charge in [-0.05, 0) is 39.5 Å². The zero-order chi connectivity index (χ0) is 13.1. The number of Topliss-reactive ketones (excluding diaryl/α,β-unsaturated/α-hetero) is 1.